The third-order valence-electron chi connectivity index (χ3n) is 4.25. The first-order valence-electron chi connectivity index (χ1n) is 8.43. The van der Waals surface area contributed by atoms with E-state index in [1.807, 2.05) is 17.5 Å². The zero-order valence-electron chi connectivity index (χ0n) is 14.3. The Balaban J connectivity index is 1.82. The number of carbonyl (C=O) groups is 1. The van der Waals surface area contributed by atoms with E-state index in [-0.39, 0.29) is 18.4 Å². The van der Waals surface area contributed by atoms with Crippen molar-refractivity contribution in [3.63, 3.8) is 0 Å². The number of halogens is 2. The van der Waals surface area contributed by atoms with Crippen molar-refractivity contribution in [2.45, 2.75) is 25.8 Å². The van der Waals surface area contributed by atoms with Gasteiger partial charge in [0.25, 0.3) is 0 Å². The molecule has 0 spiro atoms. The van der Waals surface area contributed by atoms with Crippen LogP contribution in [0.25, 0.3) is 0 Å². The number of amides is 1. The highest BCUT2D eigenvalue weighted by atomic mass is 35.5. The molecule has 0 saturated heterocycles. The first kappa shape index (κ1) is 19.0. The standard InChI is InChI=1S/C21H19Cl2NOS/c1-2-14-8-10-15(11-9-14)21(19-7-4-12-26-19)24-20(25)13-16-17(22)5-3-6-18(16)23/h3-12,21H,2,13H2,1H3,(H,24,25)/t21-/m1/s1. The lowest BCUT2D eigenvalue weighted by Crippen LogP contribution is -2.30. The summed E-state index contributed by atoms with van der Waals surface area (Å²) in [6.45, 7) is 2.13. The Kier molecular flexibility index (Phi) is 6.36. The van der Waals surface area contributed by atoms with E-state index in [2.05, 4.69) is 36.5 Å². The molecule has 1 N–H and O–H groups in total. The molecule has 1 aromatic heterocycles. The average Bonchev–Trinajstić information content (AvgIpc) is 3.17. The number of benzene rings is 2. The molecule has 0 unspecified atom stereocenters. The van der Waals surface area contributed by atoms with Crippen LogP contribution in [0.3, 0.4) is 0 Å². The lowest BCUT2D eigenvalue weighted by Gasteiger charge is -2.19. The minimum Gasteiger partial charge on any atom is -0.344 e. The summed E-state index contributed by atoms with van der Waals surface area (Å²) in [5.41, 5.74) is 2.98. The summed E-state index contributed by atoms with van der Waals surface area (Å²) in [6, 6.07) is 17.5. The van der Waals surface area contributed by atoms with Crippen molar-refractivity contribution in [1.82, 2.24) is 5.32 Å². The molecule has 3 rings (SSSR count). The van der Waals surface area contributed by atoms with E-state index in [1.54, 1.807) is 29.5 Å². The van der Waals surface area contributed by atoms with Gasteiger partial charge in [0.05, 0.1) is 12.5 Å². The van der Waals surface area contributed by atoms with E-state index in [0.29, 0.717) is 15.6 Å². The predicted octanol–water partition coefficient (Wildman–Crippen LogP) is 6.07. The average molecular weight is 404 g/mol. The summed E-state index contributed by atoms with van der Waals surface area (Å²) in [5.74, 6) is -0.113. The van der Waals surface area contributed by atoms with Crippen LogP contribution < -0.4 is 5.32 Å². The van der Waals surface area contributed by atoms with Crippen molar-refractivity contribution in [1.29, 1.82) is 0 Å². The third-order valence-corrected chi connectivity index (χ3v) is 5.90. The molecule has 0 bridgehead atoms. The van der Waals surface area contributed by atoms with E-state index in [1.165, 1.54) is 5.56 Å². The fourth-order valence-corrected chi connectivity index (χ4v) is 4.13. The Labute approximate surface area is 167 Å². The van der Waals surface area contributed by atoms with Crippen molar-refractivity contribution in [3.8, 4) is 0 Å². The third kappa shape index (κ3) is 4.47. The molecule has 5 heteroatoms. The SMILES string of the molecule is CCc1ccc([C@@H](NC(=O)Cc2c(Cl)cccc2Cl)c2cccs2)cc1. The molecule has 0 aliphatic carbocycles. The van der Waals surface area contributed by atoms with Gasteiger partial charge < -0.3 is 5.32 Å². The van der Waals surface area contributed by atoms with Gasteiger partial charge in [-0.25, -0.2) is 0 Å². The summed E-state index contributed by atoms with van der Waals surface area (Å²) >= 11 is 14.0. The number of nitrogens with one attached hydrogen (secondary N) is 1. The summed E-state index contributed by atoms with van der Waals surface area (Å²) in [6.07, 6.45) is 1.13. The Morgan fingerprint density at radius 2 is 1.73 bits per heavy atom. The van der Waals surface area contributed by atoms with Crippen molar-refractivity contribution in [3.05, 3.63) is 91.6 Å². The maximum absolute atomic E-state index is 12.7. The molecule has 2 nitrogen and oxygen atoms in total. The van der Waals surface area contributed by atoms with Crippen molar-refractivity contribution in [2.24, 2.45) is 0 Å². The molecule has 0 saturated carbocycles. The van der Waals surface area contributed by atoms with Crippen molar-refractivity contribution in [2.75, 3.05) is 0 Å². The number of hydrogen-bond acceptors (Lipinski definition) is 2. The summed E-state index contributed by atoms with van der Waals surface area (Å²) in [7, 11) is 0. The second-order valence-corrected chi connectivity index (χ2v) is 7.78. The van der Waals surface area contributed by atoms with E-state index < -0.39 is 0 Å². The number of carbonyl (C=O) groups excluding carboxylic acids is 1. The van der Waals surface area contributed by atoms with Gasteiger partial charge in [-0.3, -0.25) is 4.79 Å². The van der Waals surface area contributed by atoms with E-state index >= 15 is 0 Å². The summed E-state index contributed by atoms with van der Waals surface area (Å²) in [4.78, 5) is 13.8. The topological polar surface area (TPSA) is 29.1 Å². The second kappa shape index (κ2) is 8.72. The minimum absolute atomic E-state index is 0.113. The van der Waals surface area contributed by atoms with Crippen LogP contribution in [0, 0.1) is 0 Å². The van der Waals surface area contributed by atoms with E-state index in [4.69, 9.17) is 23.2 Å². The number of rotatable bonds is 6. The van der Waals surface area contributed by atoms with Gasteiger partial charge in [0.15, 0.2) is 0 Å². The van der Waals surface area contributed by atoms with Crippen molar-refractivity contribution < 1.29 is 4.79 Å². The van der Waals surface area contributed by atoms with Gasteiger partial charge >= 0.3 is 0 Å². The van der Waals surface area contributed by atoms with Gasteiger partial charge in [0.1, 0.15) is 0 Å². The van der Waals surface area contributed by atoms with Gasteiger partial charge in [0.2, 0.25) is 5.91 Å². The molecule has 1 heterocycles. The molecule has 26 heavy (non-hydrogen) atoms. The lowest BCUT2D eigenvalue weighted by molar-refractivity contribution is -0.120. The maximum atomic E-state index is 12.7. The van der Waals surface area contributed by atoms with Crippen LogP contribution >= 0.6 is 34.5 Å². The van der Waals surface area contributed by atoms with Crippen molar-refractivity contribution >= 4 is 40.4 Å². The van der Waals surface area contributed by atoms with Crippen LogP contribution in [0.5, 0.6) is 0 Å². The molecule has 0 fully saturated rings. The van der Waals surface area contributed by atoms with E-state index in [9.17, 15) is 4.79 Å². The Morgan fingerprint density at radius 1 is 1.04 bits per heavy atom. The molecule has 2 aromatic carbocycles. The Morgan fingerprint density at radius 3 is 2.31 bits per heavy atom. The highest BCUT2D eigenvalue weighted by Crippen LogP contribution is 2.28. The lowest BCUT2D eigenvalue weighted by atomic mass is 10.0. The van der Waals surface area contributed by atoms with Gasteiger partial charge in [-0.05, 0) is 46.7 Å². The molecule has 1 atom stereocenters. The van der Waals surface area contributed by atoms with Gasteiger partial charge in [-0.2, -0.15) is 0 Å². The fraction of sp³-hybridized carbons (Fsp3) is 0.190. The maximum Gasteiger partial charge on any atom is 0.225 e. The minimum atomic E-state index is -0.185. The normalized spacial score (nSPS) is 12.0. The molecule has 0 aliphatic heterocycles. The molecule has 0 aliphatic rings. The van der Waals surface area contributed by atoms with Gasteiger partial charge in [0, 0.05) is 14.9 Å². The zero-order valence-corrected chi connectivity index (χ0v) is 16.7. The number of hydrogen-bond donors (Lipinski definition) is 1. The van der Waals surface area contributed by atoms with Crippen LogP contribution in [0.4, 0.5) is 0 Å². The molecule has 1 amide bonds. The number of thiophene rings is 1. The largest absolute Gasteiger partial charge is 0.344 e. The quantitative estimate of drug-likeness (QED) is 0.531. The second-order valence-electron chi connectivity index (χ2n) is 5.99. The fourth-order valence-electron chi connectivity index (χ4n) is 2.79. The van der Waals surface area contributed by atoms with Gasteiger partial charge in [-0.1, -0.05) is 66.5 Å². The Hall–Kier alpha value is -1.81. The predicted molar refractivity (Wildman–Crippen MR) is 110 cm³/mol. The first-order valence-corrected chi connectivity index (χ1v) is 10.1. The van der Waals surface area contributed by atoms with Gasteiger partial charge in [-0.15, -0.1) is 11.3 Å². The zero-order chi connectivity index (χ0) is 18.5. The number of aryl methyl sites for hydroxylation is 1. The Bertz CT molecular complexity index is 855. The van der Waals surface area contributed by atoms with Crippen LogP contribution in [-0.4, -0.2) is 5.91 Å². The smallest absolute Gasteiger partial charge is 0.225 e. The monoisotopic (exact) mass is 403 g/mol. The molecular formula is C21H19Cl2NOS. The molecular weight excluding hydrogens is 385 g/mol. The van der Waals surface area contributed by atoms with E-state index in [0.717, 1.165) is 16.9 Å². The van der Waals surface area contributed by atoms with Crippen LogP contribution in [0.1, 0.15) is 34.5 Å². The summed E-state index contributed by atoms with van der Waals surface area (Å²) in [5, 5.41) is 6.16. The van der Waals surface area contributed by atoms with Crippen LogP contribution in [0.2, 0.25) is 10.0 Å². The van der Waals surface area contributed by atoms with Crippen LogP contribution in [0.15, 0.2) is 60.0 Å². The molecule has 3 aromatic rings. The summed E-state index contributed by atoms with van der Waals surface area (Å²) < 4.78 is 0. The molecule has 0 radical (unpaired) electrons. The highest BCUT2D eigenvalue weighted by Gasteiger charge is 2.19. The highest BCUT2D eigenvalue weighted by molar-refractivity contribution is 7.10. The first-order chi connectivity index (χ1) is 12.6. The molecule has 134 valence electrons. The van der Waals surface area contributed by atoms with Crippen LogP contribution in [-0.2, 0) is 17.6 Å².